The number of halogens is 2. The van der Waals surface area contributed by atoms with E-state index in [1.54, 1.807) is 37.7 Å². The summed E-state index contributed by atoms with van der Waals surface area (Å²) < 4.78 is 16.2. The van der Waals surface area contributed by atoms with Crippen LogP contribution in [-0.4, -0.2) is 32.3 Å². The standard InChI is InChI=1S/C22H21ClFN5O4/c1-12(2)20(27-21(30)14-4-6-16(23)19(10-14)29(32)33)22(31)26-15-5-7-18(17(24)11-15)28-9-8-25-13(28)3/h4-12,20H,1-3H3,(H,26,31)(H,27,30). The Hall–Kier alpha value is -3.79. The molecule has 3 aromatic rings. The maximum atomic E-state index is 14.6. The summed E-state index contributed by atoms with van der Waals surface area (Å²) >= 11 is 5.78. The number of nitro benzene ring substituents is 1. The Kier molecular flexibility index (Phi) is 7.07. The zero-order valence-electron chi connectivity index (χ0n) is 18.0. The van der Waals surface area contributed by atoms with Crippen molar-refractivity contribution < 1.29 is 18.9 Å². The van der Waals surface area contributed by atoms with Crippen molar-refractivity contribution in [2.24, 2.45) is 5.92 Å². The first kappa shape index (κ1) is 23.9. The third-order valence-electron chi connectivity index (χ3n) is 4.94. The lowest BCUT2D eigenvalue weighted by atomic mass is 10.0. The van der Waals surface area contributed by atoms with Gasteiger partial charge in [0, 0.05) is 29.7 Å². The Morgan fingerprint density at radius 1 is 1.21 bits per heavy atom. The smallest absolute Gasteiger partial charge is 0.288 e. The molecule has 0 aliphatic carbocycles. The molecular formula is C22H21ClFN5O4. The maximum absolute atomic E-state index is 14.6. The summed E-state index contributed by atoms with van der Waals surface area (Å²) in [5.74, 6) is -1.52. The van der Waals surface area contributed by atoms with Gasteiger partial charge in [0.1, 0.15) is 22.7 Å². The number of anilines is 1. The molecule has 33 heavy (non-hydrogen) atoms. The molecular weight excluding hydrogens is 453 g/mol. The van der Waals surface area contributed by atoms with Gasteiger partial charge in [0.2, 0.25) is 5.91 Å². The molecule has 2 aromatic carbocycles. The zero-order valence-corrected chi connectivity index (χ0v) is 18.8. The molecule has 11 heteroatoms. The minimum absolute atomic E-state index is 0.0179. The van der Waals surface area contributed by atoms with Gasteiger partial charge >= 0.3 is 0 Å². The summed E-state index contributed by atoms with van der Waals surface area (Å²) in [5.41, 5.74) is 0.0521. The third-order valence-corrected chi connectivity index (χ3v) is 5.26. The summed E-state index contributed by atoms with van der Waals surface area (Å²) in [7, 11) is 0. The number of carbonyl (C=O) groups is 2. The van der Waals surface area contributed by atoms with Crippen LogP contribution in [0.25, 0.3) is 5.69 Å². The summed E-state index contributed by atoms with van der Waals surface area (Å²) in [5, 5.41) is 16.1. The third kappa shape index (κ3) is 5.35. The number of nitrogens with one attached hydrogen (secondary N) is 2. The Labute approximate surface area is 193 Å². The number of amides is 2. The van der Waals surface area contributed by atoms with Gasteiger partial charge in [-0.15, -0.1) is 0 Å². The monoisotopic (exact) mass is 473 g/mol. The van der Waals surface area contributed by atoms with Crippen LogP contribution in [0.4, 0.5) is 15.8 Å². The van der Waals surface area contributed by atoms with E-state index in [9.17, 15) is 24.1 Å². The number of aromatic nitrogens is 2. The van der Waals surface area contributed by atoms with E-state index in [4.69, 9.17) is 11.6 Å². The number of nitrogens with zero attached hydrogens (tertiary/aromatic N) is 3. The molecule has 0 saturated heterocycles. The predicted molar refractivity (Wildman–Crippen MR) is 121 cm³/mol. The van der Waals surface area contributed by atoms with Gasteiger partial charge in [-0.25, -0.2) is 9.37 Å². The lowest BCUT2D eigenvalue weighted by Crippen LogP contribution is -2.47. The zero-order chi connectivity index (χ0) is 24.3. The summed E-state index contributed by atoms with van der Waals surface area (Å²) in [6.07, 6.45) is 3.17. The van der Waals surface area contributed by atoms with Gasteiger partial charge in [-0.05, 0) is 43.2 Å². The molecule has 9 nitrogen and oxygen atoms in total. The second kappa shape index (κ2) is 9.78. The summed E-state index contributed by atoms with van der Waals surface area (Å²) in [6, 6.07) is 6.85. The highest BCUT2D eigenvalue weighted by atomic mass is 35.5. The first-order chi connectivity index (χ1) is 15.6. The Morgan fingerprint density at radius 3 is 2.52 bits per heavy atom. The first-order valence-corrected chi connectivity index (χ1v) is 10.3. The molecule has 2 N–H and O–H groups in total. The molecule has 2 amide bonds. The topological polar surface area (TPSA) is 119 Å². The Morgan fingerprint density at radius 2 is 1.94 bits per heavy atom. The van der Waals surface area contributed by atoms with E-state index in [2.05, 4.69) is 15.6 Å². The van der Waals surface area contributed by atoms with Crippen LogP contribution in [0.15, 0.2) is 48.8 Å². The van der Waals surface area contributed by atoms with Gasteiger partial charge < -0.3 is 15.2 Å². The van der Waals surface area contributed by atoms with Crippen molar-refractivity contribution in [2.45, 2.75) is 26.8 Å². The van der Waals surface area contributed by atoms with E-state index in [0.717, 1.165) is 6.07 Å². The van der Waals surface area contributed by atoms with Crippen LogP contribution in [0.2, 0.25) is 5.02 Å². The Bertz CT molecular complexity index is 1230. The molecule has 1 atom stereocenters. The van der Waals surface area contributed by atoms with Crippen molar-refractivity contribution in [3.63, 3.8) is 0 Å². The van der Waals surface area contributed by atoms with Crippen LogP contribution < -0.4 is 10.6 Å². The summed E-state index contributed by atoms with van der Waals surface area (Å²) in [4.78, 5) is 39.9. The predicted octanol–water partition coefficient (Wildman–Crippen LogP) is 4.27. The lowest BCUT2D eigenvalue weighted by molar-refractivity contribution is -0.384. The molecule has 1 heterocycles. The van der Waals surface area contributed by atoms with Crippen LogP contribution in [-0.2, 0) is 4.79 Å². The fraction of sp³-hybridized carbons (Fsp3) is 0.227. The fourth-order valence-corrected chi connectivity index (χ4v) is 3.37. The van der Waals surface area contributed by atoms with Crippen LogP contribution in [0, 0.1) is 28.8 Å². The van der Waals surface area contributed by atoms with Crippen molar-refractivity contribution in [1.82, 2.24) is 14.9 Å². The highest BCUT2D eigenvalue weighted by molar-refractivity contribution is 6.32. The van der Waals surface area contributed by atoms with Crippen molar-refractivity contribution in [3.8, 4) is 5.69 Å². The minimum atomic E-state index is -0.981. The maximum Gasteiger partial charge on any atom is 0.288 e. The number of carbonyl (C=O) groups excluding carboxylic acids is 2. The molecule has 3 rings (SSSR count). The highest BCUT2D eigenvalue weighted by Crippen LogP contribution is 2.25. The molecule has 172 valence electrons. The van der Waals surface area contributed by atoms with Crippen molar-refractivity contribution in [2.75, 3.05) is 5.32 Å². The van der Waals surface area contributed by atoms with Crippen molar-refractivity contribution >= 4 is 34.8 Å². The number of hydrogen-bond acceptors (Lipinski definition) is 5. The van der Waals surface area contributed by atoms with E-state index in [0.29, 0.717) is 5.82 Å². The molecule has 1 aromatic heterocycles. The Balaban J connectivity index is 1.76. The number of hydrogen-bond donors (Lipinski definition) is 2. The van der Waals surface area contributed by atoms with Gasteiger partial charge in [0.05, 0.1) is 10.6 Å². The lowest BCUT2D eigenvalue weighted by Gasteiger charge is -2.22. The molecule has 0 aliphatic rings. The molecule has 0 bridgehead atoms. The first-order valence-electron chi connectivity index (χ1n) is 9.94. The van der Waals surface area contributed by atoms with E-state index in [-0.39, 0.29) is 27.9 Å². The second-order valence-corrected chi connectivity index (χ2v) is 8.03. The van der Waals surface area contributed by atoms with Gasteiger partial charge in [0.25, 0.3) is 11.6 Å². The largest absolute Gasteiger partial charge is 0.340 e. The fourth-order valence-electron chi connectivity index (χ4n) is 3.19. The van der Waals surface area contributed by atoms with Gasteiger partial charge in [0.15, 0.2) is 0 Å². The second-order valence-electron chi connectivity index (χ2n) is 7.62. The number of nitro groups is 1. The molecule has 0 spiro atoms. The average Bonchev–Trinajstić information content (AvgIpc) is 3.17. The van der Waals surface area contributed by atoms with Crippen molar-refractivity contribution in [1.29, 1.82) is 0 Å². The van der Waals surface area contributed by atoms with Gasteiger partial charge in [-0.3, -0.25) is 19.7 Å². The van der Waals surface area contributed by atoms with Crippen LogP contribution in [0.1, 0.15) is 30.0 Å². The van der Waals surface area contributed by atoms with E-state index >= 15 is 0 Å². The SMILES string of the molecule is Cc1nccn1-c1ccc(NC(=O)C(NC(=O)c2ccc(Cl)c([N+](=O)[O-])c2)C(C)C)cc1F. The van der Waals surface area contributed by atoms with E-state index < -0.39 is 34.3 Å². The quantitative estimate of drug-likeness (QED) is 0.392. The molecule has 0 radical (unpaired) electrons. The van der Waals surface area contributed by atoms with Crippen LogP contribution in [0.3, 0.4) is 0 Å². The molecule has 1 unspecified atom stereocenters. The van der Waals surface area contributed by atoms with E-state index in [1.807, 2.05) is 0 Å². The highest BCUT2D eigenvalue weighted by Gasteiger charge is 2.26. The number of benzene rings is 2. The molecule has 0 fully saturated rings. The van der Waals surface area contributed by atoms with Gasteiger partial charge in [-0.1, -0.05) is 25.4 Å². The van der Waals surface area contributed by atoms with Gasteiger partial charge in [-0.2, -0.15) is 0 Å². The minimum Gasteiger partial charge on any atom is -0.340 e. The normalized spacial score (nSPS) is 11.8. The molecule has 0 aliphatic heterocycles. The number of rotatable bonds is 7. The molecule has 0 saturated carbocycles. The van der Waals surface area contributed by atoms with Crippen LogP contribution in [0.5, 0.6) is 0 Å². The van der Waals surface area contributed by atoms with E-state index in [1.165, 1.54) is 30.3 Å². The summed E-state index contributed by atoms with van der Waals surface area (Å²) in [6.45, 7) is 5.18. The number of imidazole rings is 1. The van der Waals surface area contributed by atoms with Crippen molar-refractivity contribution in [3.05, 3.63) is 81.1 Å². The number of aryl methyl sites for hydroxylation is 1. The van der Waals surface area contributed by atoms with Crippen LogP contribution >= 0.6 is 11.6 Å². The average molecular weight is 474 g/mol.